The van der Waals surface area contributed by atoms with Crippen molar-refractivity contribution in [3.8, 4) is 0 Å². The fraction of sp³-hybridized carbons (Fsp3) is 0.750. The fourth-order valence-corrected chi connectivity index (χ4v) is 3.09. The van der Waals surface area contributed by atoms with E-state index in [-0.39, 0.29) is 0 Å². The average molecular weight is 255 g/mol. The normalized spacial score (nSPS) is 25.1. The van der Waals surface area contributed by atoms with Crippen LogP contribution in [0.15, 0.2) is 5.38 Å². The van der Waals surface area contributed by atoms with Crippen LogP contribution >= 0.6 is 11.3 Å². The third-order valence-electron chi connectivity index (χ3n) is 3.39. The second kappa shape index (κ2) is 5.44. The summed E-state index contributed by atoms with van der Waals surface area (Å²) in [6, 6.07) is 0.543. The quantitative estimate of drug-likeness (QED) is 0.874. The molecule has 1 N–H and O–H groups in total. The first-order valence-corrected chi connectivity index (χ1v) is 6.95. The van der Waals surface area contributed by atoms with Crippen LogP contribution in [-0.4, -0.2) is 59.7 Å². The van der Waals surface area contributed by atoms with Crippen molar-refractivity contribution in [3.05, 3.63) is 16.1 Å². The Balaban J connectivity index is 1.98. The lowest BCUT2D eigenvalue weighted by molar-refractivity contribution is 0.114. The predicted molar refractivity (Wildman–Crippen MR) is 70.4 cm³/mol. The highest BCUT2D eigenvalue weighted by atomic mass is 32.1. The van der Waals surface area contributed by atoms with Crippen LogP contribution in [0.25, 0.3) is 0 Å². The Morgan fingerprint density at radius 3 is 2.94 bits per heavy atom. The van der Waals surface area contributed by atoms with Crippen molar-refractivity contribution in [2.45, 2.75) is 25.5 Å². The van der Waals surface area contributed by atoms with Gasteiger partial charge in [-0.15, -0.1) is 11.3 Å². The molecule has 5 heteroatoms. The van der Waals surface area contributed by atoms with Crippen molar-refractivity contribution < 1.29 is 5.11 Å². The Kier molecular flexibility index (Phi) is 4.14. The van der Waals surface area contributed by atoms with Gasteiger partial charge >= 0.3 is 0 Å². The lowest BCUT2D eigenvalue weighted by Gasteiger charge is -2.37. The number of aromatic nitrogens is 1. The molecule has 2 heterocycles. The van der Waals surface area contributed by atoms with Crippen LogP contribution in [0, 0.1) is 0 Å². The highest BCUT2D eigenvalue weighted by molar-refractivity contribution is 7.09. The van der Waals surface area contributed by atoms with E-state index in [0.29, 0.717) is 6.04 Å². The third-order valence-corrected chi connectivity index (χ3v) is 4.28. The van der Waals surface area contributed by atoms with Crippen LogP contribution in [0.4, 0.5) is 0 Å². The fourth-order valence-electron chi connectivity index (χ4n) is 2.13. The molecule has 17 heavy (non-hydrogen) atoms. The van der Waals surface area contributed by atoms with E-state index in [9.17, 15) is 5.11 Å². The van der Waals surface area contributed by atoms with Gasteiger partial charge in [0.1, 0.15) is 0 Å². The highest BCUT2D eigenvalue weighted by Crippen LogP contribution is 2.19. The van der Waals surface area contributed by atoms with E-state index >= 15 is 0 Å². The maximum Gasteiger partial charge on any atom is 0.0945 e. The van der Waals surface area contributed by atoms with Gasteiger partial charge in [0.2, 0.25) is 0 Å². The molecule has 1 aliphatic rings. The first-order valence-electron chi connectivity index (χ1n) is 6.07. The van der Waals surface area contributed by atoms with Gasteiger partial charge in [-0.05, 0) is 21.0 Å². The number of thiazole rings is 1. The number of rotatable bonds is 3. The molecule has 1 saturated heterocycles. The summed E-state index contributed by atoms with van der Waals surface area (Å²) < 4.78 is 0. The largest absolute Gasteiger partial charge is 0.387 e. The monoisotopic (exact) mass is 255 g/mol. The summed E-state index contributed by atoms with van der Waals surface area (Å²) in [6.07, 6.45) is 0.532. The van der Waals surface area contributed by atoms with Crippen LogP contribution in [0.2, 0.25) is 0 Å². The van der Waals surface area contributed by atoms with E-state index in [0.717, 1.165) is 36.8 Å². The Morgan fingerprint density at radius 1 is 1.53 bits per heavy atom. The van der Waals surface area contributed by atoms with Gasteiger partial charge in [0.25, 0.3) is 0 Å². The summed E-state index contributed by atoms with van der Waals surface area (Å²) in [5, 5.41) is 12.6. The van der Waals surface area contributed by atoms with E-state index in [2.05, 4.69) is 28.9 Å². The summed E-state index contributed by atoms with van der Waals surface area (Å²) in [5.41, 5.74) is 0.803. The lowest BCUT2D eigenvalue weighted by atomic mass is 10.1. The number of likely N-dealkylation sites (N-methyl/N-ethyl adjacent to an activating group) is 2. The Labute approximate surface area is 107 Å². The molecule has 4 nitrogen and oxygen atoms in total. The number of hydrogen-bond acceptors (Lipinski definition) is 5. The molecular formula is C12H21N3OS. The minimum atomic E-state index is -0.452. The van der Waals surface area contributed by atoms with Gasteiger partial charge in [-0.2, -0.15) is 0 Å². The topological polar surface area (TPSA) is 39.6 Å². The second-order valence-electron chi connectivity index (χ2n) is 4.94. The van der Waals surface area contributed by atoms with E-state index in [1.807, 2.05) is 5.38 Å². The molecule has 1 fully saturated rings. The van der Waals surface area contributed by atoms with Crippen LogP contribution in [0.1, 0.15) is 23.7 Å². The summed E-state index contributed by atoms with van der Waals surface area (Å²) in [7, 11) is 4.35. The van der Waals surface area contributed by atoms with Crippen molar-refractivity contribution in [2.75, 3.05) is 33.7 Å². The predicted octanol–water partition coefficient (Wildman–Crippen LogP) is 0.985. The molecule has 0 aliphatic carbocycles. The van der Waals surface area contributed by atoms with E-state index in [1.165, 1.54) is 0 Å². The minimum Gasteiger partial charge on any atom is -0.387 e. The molecule has 0 radical (unpaired) electrons. The molecule has 0 saturated carbocycles. The molecule has 96 valence electrons. The SMILES string of the molecule is CC(O)c1csc(CC2CN(C)CCN2C)n1. The molecule has 0 amide bonds. The van der Waals surface area contributed by atoms with Gasteiger partial charge in [0, 0.05) is 37.5 Å². The lowest BCUT2D eigenvalue weighted by Crippen LogP contribution is -2.50. The van der Waals surface area contributed by atoms with Crippen LogP contribution < -0.4 is 0 Å². The maximum atomic E-state index is 9.46. The zero-order valence-electron chi connectivity index (χ0n) is 10.8. The first-order chi connectivity index (χ1) is 8.06. The minimum absolute atomic E-state index is 0.452. The van der Waals surface area contributed by atoms with Crippen LogP contribution in [0.5, 0.6) is 0 Å². The van der Waals surface area contributed by atoms with Gasteiger partial charge in [-0.25, -0.2) is 4.98 Å². The van der Waals surface area contributed by atoms with Gasteiger partial charge in [-0.3, -0.25) is 0 Å². The molecule has 0 spiro atoms. The van der Waals surface area contributed by atoms with Crippen molar-refractivity contribution in [1.82, 2.24) is 14.8 Å². The van der Waals surface area contributed by atoms with Crippen molar-refractivity contribution in [2.24, 2.45) is 0 Å². The maximum absolute atomic E-state index is 9.46. The van der Waals surface area contributed by atoms with Crippen LogP contribution in [-0.2, 0) is 6.42 Å². The summed E-state index contributed by atoms with van der Waals surface area (Å²) in [6.45, 7) is 5.12. The summed E-state index contributed by atoms with van der Waals surface area (Å²) >= 11 is 1.66. The number of aliphatic hydroxyl groups excluding tert-OH is 1. The Morgan fingerprint density at radius 2 is 2.29 bits per heavy atom. The molecule has 1 aliphatic heterocycles. The number of nitrogens with zero attached hydrogens (tertiary/aromatic N) is 3. The molecule has 0 aromatic carbocycles. The molecule has 2 unspecified atom stereocenters. The van der Waals surface area contributed by atoms with Gasteiger partial charge in [-0.1, -0.05) is 0 Å². The Hall–Kier alpha value is -0.490. The van der Waals surface area contributed by atoms with E-state index < -0.39 is 6.10 Å². The number of aliphatic hydroxyl groups is 1. The van der Waals surface area contributed by atoms with E-state index in [1.54, 1.807) is 18.3 Å². The molecule has 0 bridgehead atoms. The zero-order chi connectivity index (χ0) is 12.4. The molecule has 1 aromatic rings. The Bertz CT molecular complexity index is 366. The molecule has 2 atom stereocenters. The third kappa shape index (κ3) is 3.25. The molecule has 2 rings (SSSR count). The zero-order valence-corrected chi connectivity index (χ0v) is 11.6. The number of hydrogen-bond donors (Lipinski definition) is 1. The average Bonchev–Trinajstić information content (AvgIpc) is 2.72. The van der Waals surface area contributed by atoms with Crippen molar-refractivity contribution in [3.63, 3.8) is 0 Å². The highest BCUT2D eigenvalue weighted by Gasteiger charge is 2.23. The summed E-state index contributed by atoms with van der Waals surface area (Å²) in [5.74, 6) is 0. The number of piperazine rings is 1. The van der Waals surface area contributed by atoms with Gasteiger partial charge in [0.15, 0.2) is 0 Å². The molecular weight excluding hydrogens is 234 g/mol. The van der Waals surface area contributed by atoms with Crippen molar-refractivity contribution >= 4 is 11.3 Å². The first kappa shape index (κ1) is 13.0. The van der Waals surface area contributed by atoms with Gasteiger partial charge in [0.05, 0.1) is 16.8 Å². The smallest absolute Gasteiger partial charge is 0.0945 e. The van der Waals surface area contributed by atoms with Gasteiger partial charge < -0.3 is 14.9 Å². The standard InChI is InChI=1S/C12H21N3OS/c1-9(16)11-8-17-12(13-11)6-10-7-14(2)4-5-15(10)3/h8-10,16H,4-7H2,1-3H3. The summed E-state index contributed by atoms with van der Waals surface area (Å²) in [4.78, 5) is 9.26. The molecule has 1 aromatic heterocycles. The second-order valence-corrected chi connectivity index (χ2v) is 5.89. The van der Waals surface area contributed by atoms with E-state index in [4.69, 9.17) is 0 Å². The van der Waals surface area contributed by atoms with Crippen molar-refractivity contribution in [1.29, 1.82) is 0 Å². The van der Waals surface area contributed by atoms with Crippen LogP contribution in [0.3, 0.4) is 0 Å².